The number of ether oxygens (including phenoxy) is 1. The molecular weight excluding hydrogens is 340 g/mol. The second-order valence-electron chi connectivity index (χ2n) is 5.19. The van der Waals surface area contributed by atoms with Gasteiger partial charge < -0.3 is 9.15 Å². The molecule has 0 saturated carbocycles. The third-order valence-electron chi connectivity index (χ3n) is 3.54. The molecule has 0 bridgehead atoms. The monoisotopic (exact) mass is 358 g/mol. The van der Waals surface area contributed by atoms with Crippen LogP contribution in [0.4, 0.5) is 0 Å². The van der Waals surface area contributed by atoms with E-state index in [1.165, 1.54) is 11.3 Å². The quantitative estimate of drug-likeness (QED) is 0.399. The van der Waals surface area contributed by atoms with Gasteiger partial charge in [0, 0.05) is 17.1 Å². The van der Waals surface area contributed by atoms with E-state index >= 15 is 0 Å². The molecule has 7 nitrogen and oxygen atoms in total. The number of nitrogens with one attached hydrogen (secondary N) is 1. The number of carbonyl (C=O) groups is 1. The summed E-state index contributed by atoms with van der Waals surface area (Å²) in [6, 6.07) is 11.3. The Kier molecular flexibility index (Phi) is 5.32. The van der Waals surface area contributed by atoms with Gasteiger partial charge in [-0.15, -0.1) is 11.3 Å². The Bertz CT molecular complexity index is 912. The highest BCUT2D eigenvalue weighted by Gasteiger charge is 2.12. The second-order valence-corrected chi connectivity index (χ2v) is 6.02. The molecule has 0 saturated heterocycles. The Labute approximate surface area is 148 Å². The van der Waals surface area contributed by atoms with E-state index in [-0.39, 0.29) is 12.3 Å². The smallest absolute Gasteiger partial charge is 0.239 e. The van der Waals surface area contributed by atoms with Gasteiger partial charge in [-0.2, -0.15) is 0 Å². The molecule has 0 atom stereocenters. The number of methoxy groups -OCH3 is 1. The lowest BCUT2D eigenvalue weighted by Crippen LogP contribution is -2.32. The van der Waals surface area contributed by atoms with Gasteiger partial charge in [0.05, 0.1) is 25.5 Å². The number of thiazole rings is 1. The Morgan fingerprint density at radius 3 is 3.00 bits per heavy atom. The number of aromatic nitrogens is 1. The van der Waals surface area contributed by atoms with Crippen molar-refractivity contribution in [2.75, 3.05) is 7.11 Å². The van der Waals surface area contributed by atoms with Gasteiger partial charge in [-0.3, -0.25) is 19.8 Å². The van der Waals surface area contributed by atoms with Gasteiger partial charge in [-0.1, -0.05) is 6.07 Å². The molecule has 8 heteroatoms. The van der Waals surface area contributed by atoms with Crippen LogP contribution in [0, 0.1) is 0 Å². The van der Waals surface area contributed by atoms with E-state index in [0.717, 1.165) is 27.7 Å². The largest absolute Gasteiger partial charge is 0.497 e. The maximum Gasteiger partial charge on any atom is 0.239 e. The molecule has 0 aliphatic carbocycles. The van der Waals surface area contributed by atoms with Crippen LogP contribution in [0.2, 0.25) is 0 Å². The first-order valence-electron chi connectivity index (χ1n) is 7.57. The van der Waals surface area contributed by atoms with Gasteiger partial charge in [0.1, 0.15) is 18.1 Å². The molecule has 3 rings (SSSR count). The first kappa shape index (κ1) is 17.0. The molecular formula is C17H18N4O3S. The van der Waals surface area contributed by atoms with Crippen molar-refractivity contribution >= 4 is 17.2 Å². The highest BCUT2D eigenvalue weighted by atomic mass is 32.1. The van der Waals surface area contributed by atoms with Crippen molar-refractivity contribution < 1.29 is 13.9 Å². The van der Waals surface area contributed by atoms with Crippen LogP contribution < -0.4 is 20.8 Å². The average molecular weight is 358 g/mol. The van der Waals surface area contributed by atoms with Gasteiger partial charge in [0.25, 0.3) is 0 Å². The molecule has 3 N–H and O–H groups in total. The van der Waals surface area contributed by atoms with Crippen LogP contribution in [0.5, 0.6) is 5.75 Å². The van der Waals surface area contributed by atoms with Crippen LogP contribution in [-0.4, -0.2) is 17.6 Å². The fourth-order valence-electron chi connectivity index (χ4n) is 2.37. The lowest BCUT2D eigenvalue weighted by atomic mass is 10.2. The fourth-order valence-corrected chi connectivity index (χ4v) is 3.26. The van der Waals surface area contributed by atoms with E-state index in [1.54, 1.807) is 13.4 Å². The van der Waals surface area contributed by atoms with Crippen LogP contribution in [0.3, 0.4) is 0 Å². The highest BCUT2D eigenvalue weighted by Crippen LogP contribution is 2.18. The standard InChI is InChI=1S/C17H18N4O3S/c1-23-14-5-2-4-12(8-14)21-13(9-16(22)20-18)11-25-17(21)19-10-15-6-3-7-24-15/h2-8,11H,9-10,18H2,1H3,(H,20,22). The lowest BCUT2D eigenvalue weighted by Gasteiger charge is -2.10. The summed E-state index contributed by atoms with van der Waals surface area (Å²) < 4.78 is 12.5. The molecule has 130 valence electrons. The van der Waals surface area contributed by atoms with Crippen LogP contribution in [0.25, 0.3) is 5.69 Å². The summed E-state index contributed by atoms with van der Waals surface area (Å²) in [4.78, 5) is 17.1. The molecule has 2 heterocycles. The Balaban J connectivity index is 2.05. The number of carbonyl (C=O) groups excluding carboxylic acids is 1. The number of nitrogens with two attached hydrogens (primary N) is 1. The molecule has 0 aliphatic heterocycles. The molecule has 3 aromatic rings. The summed E-state index contributed by atoms with van der Waals surface area (Å²) in [7, 11) is 1.61. The molecule has 25 heavy (non-hydrogen) atoms. The van der Waals surface area contributed by atoms with Crippen LogP contribution >= 0.6 is 11.3 Å². The fraction of sp³-hybridized carbons (Fsp3) is 0.176. The summed E-state index contributed by atoms with van der Waals surface area (Å²) >= 11 is 1.45. The number of hydrogen-bond acceptors (Lipinski definition) is 6. The minimum atomic E-state index is -0.271. The molecule has 1 aromatic carbocycles. The highest BCUT2D eigenvalue weighted by molar-refractivity contribution is 7.07. The van der Waals surface area contributed by atoms with Gasteiger partial charge in [0.15, 0.2) is 4.80 Å². The first-order valence-corrected chi connectivity index (χ1v) is 8.45. The number of hydrogen-bond donors (Lipinski definition) is 2. The number of rotatable bonds is 6. The van der Waals surface area contributed by atoms with Crippen molar-refractivity contribution in [1.82, 2.24) is 9.99 Å². The molecule has 0 spiro atoms. The predicted molar refractivity (Wildman–Crippen MR) is 94.2 cm³/mol. The normalized spacial score (nSPS) is 11.5. The van der Waals surface area contributed by atoms with Crippen LogP contribution in [0.15, 0.2) is 57.5 Å². The van der Waals surface area contributed by atoms with E-state index < -0.39 is 0 Å². The third kappa shape index (κ3) is 3.98. The van der Waals surface area contributed by atoms with Crippen LogP contribution in [0.1, 0.15) is 11.5 Å². The molecule has 2 aromatic heterocycles. The Hall–Kier alpha value is -2.84. The SMILES string of the molecule is COc1cccc(-n2c(CC(=O)NN)csc2=NCc2ccco2)c1. The third-order valence-corrected chi connectivity index (χ3v) is 4.46. The van der Waals surface area contributed by atoms with Gasteiger partial charge in [-0.05, 0) is 24.3 Å². The van der Waals surface area contributed by atoms with Crippen molar-refractivity contribution in [3.05, 3.63) is 64.3 Å². The maximum absolute atomic E-state index is 11.7. The number of benzene rings is 1. The van der Waals surface area contributed by atoms with Gasteiger partial charge >= 0.3 is 0 Å². The summed E-state index contributed by atoms with van der Waals surface area (Å²) in [5.74, 6) is 6.45. The molecule has 0 aliphatic rings. The summed E-state index contributed by atoms with van der Waals surface area (Å²) in [6.45, 7) is 0.417. The minimum absolute atomic E-state index is 0.153. The second kappa shape index (κ2) is 7.82. The average Bonchev–Trinajstić information content (AvgIpc) is 3.29. The summed E-state index contributed by atoms with van der Waals surface area (Å²) in [5, 5.41) is 1.90. The maximum atomic E-state index is 11.7. The van der Waals surface area contributed by atoms with E-state index in [9.17, 15) is 4.79 Å². The molecule has 0 fully saturated rings. The molecule has 1 amide bonds. The lowest BCUT2D eigenvalue weighted by molar-refractivity contribution is -0.120. The first-order chi connectivity index (χ1) is 12.2. The number of hydrazine groups is 1. The molecule has 0 radical (unpaired) electrons. The zero-order valence-corrected chi connectivity index (χ0v) is 14.5. The van der Waals surface area contributed by atoms with Crippen molar-refractivity contribution in [1.29, 1.82) is 0 Å². The summed E-state index contributed by atoms with van der Waals surface area (Å²) in [5.41, 5.74) is 3.81. The van der Waals surface area contributed by atoms with Crippen molar-refractivity contribution in [3.8, 4) is 11.4 Å². The predicted octanol–water partition coefficient (Wildman–Crippen LogP) is 1.77. The topological polar surface area (TPSA) is 94.8 Å². The molecule has 0 unspecified atom stereocenters. The van der Waals surface area contributed by atoms with Crippen molar-refractivity contribution in [2.24, 2.45) is 10.8 Å². The van der Waals surface area contributed by atoms with E-state index in [2.05, 4.69) is 10.4 Å². The van der Waals surface area contributed by atoms with E-state index in [0.29, 0.717) is 6.54 Å². The van der Waals surface area contributed by atoms with Gasteiger partial charge in [-0.25, -0.2) is 5.84 Å². The van der Waals surface area contributed by atoms with Crippen molar-refractivity contribution in [2.45, 2.75) is 13.0 Å². The zero-order chi connectivity index (χ0) is 17.6. The number of amides is 1. The summed E-state index contributed by atoms with van der Waals surface area (Å²) in [6.07, 6.45) is 1.77. The zero-order valence-electron chi connectivity index (χ0n) is 13.6. The Morgan fingerprint density at radius 1 is 1.40 bits per heavy atom. The van der Waals surface area contributed by atoms with Gasteiger partial charge in [0.2, 0.25) is 5.91 Å². The number of furan rings is 1. The Morgan fingerprint density at radius 2 is 2.28 bits per heavy atom. The van der Waals surface area contributed by atoms with Crippen molar-refractivity contribution in [3.63, 3.8) is 0 Å². The number of nitrogens with zero attached hydrogens (tertiary/aromatic N) is 2. The minimum Gasteiger partial charge on any atom is -0.497 e. The van der Waals surface area contributed by atoms with E-state index in [1.807, 2.05) is 46.3 Å². The van der Waals surface area contributed by atoms with E-state index in [4.69, 9.17) is 15.0 Å². The van der Waals surface area contributed by atoms with Crippen LogP contribution in [-0.2, 0) is 17.8 Å².